The first-order valence-electron chi connectivity index (χ1n) is 26.8. The van der Waals surface area contributed by atoms with Gasteiger partial charge in [-0.25, -0.2) is 0 Å². The number of unbranched alkanes of at least 4 members (excludes halogenated alkanes) is 35. The summed E-state index contributed by atoms with van der Waals surface area (Å²) in [5, 5.41) is 33.4. The second-order valence-corrected chi connectivity index (χ2v) is 18.4. The highest BCUT2D eigenvalue weighted by Crippen LogP contribution is 2.17. The lowest BCUT2D eigenvalue weighted by atomic mass is 10.0. The third-order valence-electron chi connectivity index (χ3n) is 12.5. The maximum atomic E-state index is 12.4. The van der Waals surface area contributed by atoms with Gasteiger partial charge in [-0.1, -0.05) is 243 Å². The summed E-state index contributed by atoms with van der Waals surface area (Å²) in [5.74, 6) is -0.154. The van der Waals surface area contributed by atoms with Gasteiger partial charge in [0.1, 0.15) is 6.10 Å². The summed E-state index contributed by atoms with van der Waals surface area (Å²) in [5.41, 5.74) is 0. The molecule has 0 aromatic heterocycles. The zero-order chi connectivity index (χ0) is 43.7. The molecule has 0 aromatic carbocycles. The summed E-state index contributed by atoms with van der Waals surface area (Å²) in [6.45, 7) is 4.14. The first-order chi connectivity index (χ1) is 29.6. The van der Waals surface area contributed by atoms with Crippen molar-refractivity contribution in [1.29, 1.82) is 0 Å². The zero-order valence-electron chi connectivity index (χ0n) is 40.4. The summed E-state index contributed by atoms with van der Waals surface area (Å²) >= 11 is 0. The number of aliphatic hydroxyl groups excluding tert-OH is 3. The quantitative estimate of drug-likeness (QED) is 0.0363. The van der Waals surface area contributed by atoms with Crippen molar-refractivity contribution >= 4 is 5.91 Å². The third kappa shape index (κ3) is 44.6. The Balaban J connectivity index is 3.44. The number of nitrogens with one attached hydrogen (secondary N) is 1. The fraction of sp³-hybridized carbons (Fsp3) is 0.873. The van der Waals surface area contributed by atoms with Gasteiger partial charge in [-0.3, -0.25) is 4.79 Å². The molecule has 0 spiro atoms. The number of carbonyl (C=O) groups excluding carboxylic acids is 1. The lowest BCUT2D eigenvalue weighted by Gasteiger charge is -2.26. The summed E-state index contributed by atoms with van der Waals surface area (Å²) in [6, 6.07) is -0.823. The predicted molar refractivity (Wildman–Crippen MR) is 264 cm³/mol. The average molecular weight is 844 g/mol. The molecule has 0 bridgehead atoms. The molecule has 0 saturated carbocycles. The highest BCUT2D eigenvalue weighted by Gasteiger charge is 2.26. The Morgan fingerprint density at radius 1 is 0.417 bits per heavy atom. The van der Waals surface area contributed by atoms with Crippen LogP contribution in [0.25, 0.3) is 0 Å². The van der Waals surface area contributed by atoms with Crippen molar-refractivity contribution in [1.82, 2.24) is 5.32 Å². The Morgan fingerprint density at radius 2 is 0.717 bits per heavy atom. The van der Waals surface area contributed by atoms with Crippen LogP contribution in [-0.2, 0) is 4.79 Å². The van der Waals surface area contributed by atoms with Crippen LogP contribution in [-0.4, -0.2) is 46.1 Å². The molecule has 3 unspecified atom stereocenters. The minimum Gasteiger partial charge on any atom is -0.394 e. The van der Waals surface area contributed by atoms with Crippen LogP contribution in [0.1, 0.15) is 284 Å². The Hall–Kier alpha value is -1.43. The van der Waals surface area contributed by atoms with Gasteiger partial charge >= 0.3 is 0 Å². The first kappa shape index (κ1) is 58.6. The van der Waals surface area contributed by atoms with Crippen LogP contribution in [0.4, 0.5) is 0 Å². The van der Waals surface area contributed by atoms with Crippen molar-refractivity contribution in [3.8, 4) is 0 Å². The normalized spacial score (nSPS) is 13.6. The number of hydrogen-bond donors (Lipinski definition) is 4. The maximum absolute atomic E-state index is 12.4. The number of allylic oxidation sites excluding steroid dienone is 6. The molecule has 0 aliphatic rings. The van der Waals surface area contributed by atoms with Gasteiger partial charge in [0.15, 0.2) is 0 Å². The number of aliphatic hydroxyl groups is 3. The molecule has 5 heteroatoms. The van der Waals surface area contributed by atoms with Crippen LogP contribution in [0.5, 0.6) is 0 Å². The van der Waals surface area contributed by atoms with Crippen LogP contribution in [0, 0.1) is 0 Å². The van der Waals surface area contributed by atoms with Gasteiger partial charge in [0.2, 0.25) is 5.91 Å². The molecule has 354 valence electrons. The number of carbonyl (C=O) groups is 1. The van der Waals surface area contributed by atoms with E-state index in [1.54, 1.807) is 0 Å². The smallest absolute Gasteiger partial charge is 0.220 e. The van der Waals surface area contributed by atoms with E-state index in [1.165, 1.54) is 212 Å². The van der Waals surface area contributed by atoms with E-state index in [0.717, 1.165) is 44.9 Å². The van der Waals surface area contributed by atoms with E-state index in [0.29, 0.717) is 12.8 Å². The van der Waals surface area contributed by atoms with Gasteiger partial charge in [-0.05, 0) is 70.6 Å². The van der Waals surface area contributed by atoms with E-state index < -0.39 is 18.2 Å². The molecular weight excluding hydrogens is 739 g/mol. The Kier molecular flexibility index (Phi) is 49.0. The molecule has 0 fully saturated rings. The monoisotopic (exact) mass is 844 g/mol. The molecule has 1 amide bonds. The number of hydrogen-bond acceptors (Lipinski definition) is 4. The summed E-state index contributed by atoms with van der Waals surface area (Å²) in [6.07, 6.45) is 64.7. The van der Waals surface area contributed by atoms with E-state index in [-0.39, 0.29) is 12.5 Å². The molecule has 0 aliphatic heterocycles. The fourth-order valence-corrected chi connectivity index (χ4v) is 8.31. The molecule has 60 heavy (non-hydrogen) atoms. The van der Waals surface area contributed by atoms with Crippen molar-refractivity contribution in [3.63, 3.8) is 0 Å². The van der Waals surface area contributed by atoms with Gasteiger partial charge in [0, 0.05) is 6.42 Å². The topological polar surface area (TPSA) is 89.8 Å². The third-order valence-corrected chi connectivity index (χ3v) is 12.5. The van der Waals surface area contributed by atoms with Crippen LogP contribution in [0.2, 0.25) is 0 Å². The van der Waals surface area contributed by atoms with Crippen LogP contribution >= 0.6 is 0 Å². The van der Waals surface area contributed by atoms with E-state index in [1.807, 2.05) is 0 Å². The highest BCUT2D eigenvalue weighted by atomic mass is 16.3. The summed E-state index contributed by atoms with van der Waals surface area (Å²) in [4.78, 5) is 12.4. The van der Waals surface area contributed by atoms with Gasteiger partial charge in [-0.15, -0.1) is 0 Å². The van der Waals surface area contributed by atoms with Crippen molar-refractivity contribution < 1.29 is 20.1 Å². The standard InChI is InChI=1S/C55H105NO4/c1-3-5-7-9-11-13-14-15-16-17-18-19-20-21-22-23-24-25-26-27-28-29-30-31-32-33-34-35-36-37-38-39-40-42-44-46-48-50-54(59)56-52(51-57)55(60)53(58)49-47-45-43-41-12-10-8-6-4-2/h22-23,25-26,41,43,52-53,55,57-58,60H,3-21,24,27-40,42,44-51H2,1-2H3,(H,56,59)/b23-22-,26-25-,43-41+. The largest absolute Gasteiger partial charge is 0.394 e. The summed E-state index contributed by atoms with van der Waals surface area (Å²) in [7, 11) is 0. The van der Waals surface area contributed by atoms with Gasteiger partial charge < -0.3 is 20.6 Å². The zero-order valence-corrected chi connectivity index (χ0v) is 40.4. The van der Waals surface area contributed by atoms with Gasteiger partial charge in [-0.2, -0.15) is 0 Å². The number of amides is 1. The van der Waals surface area contributed by atoms with Crippen molar-refractivity contribution in [3.05, 3.63) is 36.5 Å². The second kappa shape index (κ2) is 50.2. The van der Waals surface area contributed by atoms with Crippen LogP contribution in [0.15, 0.2) is 36.5 Å². The summed E-state index contributed by atoms with van der Waals surface area (Å²) < 4.78 is 0. The molecule has 0 saturated heterocycles. The van der Waals surface area contributed by atoms with E-state index in [9.17, 15) is 20.1 Å². The van der Waals surface area contributed by atoms with E-state index in [4.69, 9.17) is 0 Å². The maximum Gasteiger partial charge on any atom is 0.220 e. The minimum atomic E-state index is -1.16. The van der Waals surface area contributed by atoms with Gasteiger partial charge in [0.05, 0.1) is 18.8 Å². The predicted octanol–water partition coefficient (Wildman–Crippen LogP) is 16.3. The van der Waals surface area contributed by atoms with Crippen LogP contribution < -0.4 is 5.32 Å². The molecule has 0 radical (unpaired) electrons. The molecule has 5 nitrogen and oxygen atoms in total. The molecule has 0 rings (SSSR count). The molecule has 3 atom stereocenters. The van der Waals surface area contributed by atoms with Crippen molar-refractivity contribution in [2.75, 3.05) is 6.61 Å². The Morgan fingerprint density at radius 3 is 1.08 bits per heavy atom. The van der Waals surface area contributed by atoms with Crippen molar-refractivity contribution in [2.24, 2.45) is 0 Å². The van der Waals surface area contributed by atoms with E-state index >= 15 is 0 Å². The molecule has 4 N–H and O–H groups in total. The number of rotatable bonds is 49. The lowest BCUT2D eigenvalue weighted by Crippen LogP contribution is -2.50. The average Bonchev–Trinajstić information content (AvgIpc) is 3.25. The second-order valence-electron chi connectivity index (χ2n) is 18.4. The molecule has 0 aromatic rings. The molecular formula is C55H105NO4. The SMILES string of the molecule is CCCCCC/C=C/CCCC(O)C(O)C(CO)NC(=O)CCCCCCCCCCCCCCCCCCC/C=C\C/C=C\CCCCCCCCCCCCCCC. The molecule has 0 heterocycles. The lowest BCUT2D eigenvalue weighted by molar-refractivity contribution is -0.124. The first-order valence-corrected chi connectivity index (χ1v) is 26.8. The minimum absolute atomic E-state index is 0.154. The van der Waals surface area contributed by atoms with Crippen LogP contribution in [0.3, 0.4) is 0 Å². The molecule has 0 aliphatic carbocycles. The Labute approximate surface area is 374 Å². The van der Waals surface area contributed by atoms with E-state index in [2.05, 4.69) is 55.6 Å². The Bertz CT molecular complexity index is 931. The fourth-order valence-electron chi connectivity index (χ4n) is 8.31. The highest BCUT2D eigenvalue weighted by molar-refractivity contribution is 5.76. The van der Waals surface area contributed by atoms with Gasteiger partial charge in [0.25, 0.3) is 0 Å². The van der Waals surface area contributed by atoms with Crippen molar-refractivity contribution in [2.45, 2.75) is 302 Å².